The Bertz CT molecular complexity index is 415. The van der Waals surface area contributed by atoms with Crippen molar-refractivity contribution in [2.45, 2.75) is 18.6 Å². The molecule has 18 heavy (non-hydrogen) atoms. The normalized spacial score (nSPS) is 12.2. The Morgan fingerprint density at radius 3 is 2.89 bits per heavy atom. The third-order valence-electron chi connectivity index (χ3n) is 2.27. The van der Waals surface area contributed by atoms with Gasteiger partial charge in [-0.2, -0.15) is 11.8 Å². The molecule has 1 atom stereocenters. The van der Waals surface area contributed by atoms with E-state index in [1.165, 1.54) is 0 Å². The minimum absolute atomic E-state index is 0.0733. The van der Waals surface area contributed by atoms with Gasteiger partial charge in [0.1, 0.15) is 0 Å². The SMILES string of the molecule is CC(CN)SCCC(=O)Nc1cc(Cl)ccc1Cl. The molecule has 0 saturated heterocycles. The molecule has 3 nitrogen and oxygen atoms in total. The topological polar surface area (TPSA) is 55.1 Å². The van der Waals surface area contributed by atoms with E-state index in [9.17, 15) is 4.79 Å². The largest absolute Gasteiger partial charge is 0.329 e. The summed E-state index contributed by atoms with van der Waals surface area (Å²) in [5, 5.41) is 4.14. The number of halogens is 2. The van der Waals surface area contributed by atoms with Gasteiger partial charge in [-0.05, 0) is 18.2 Å². The maximum absolute atomic E-state index is 11.7. The van der Waals surface area contributed by atoms with Gasteiger partial charge in [0, 0.05) is 29.0 Å². The molecule has 0 saturated carbocycles. The molecule has 0 aliphatic carbocycles. The zero-order chi connectivity index (χ0) is 13.5. The number of benzene rings is 1. The Morgan fingerprint density at radius 2 is 2.22 bits per heavy atom. The van der Waals surface area contributed by atoms with Crippen LogP contribution in [0.2, 0.25) is 10.0 Å². The fourth-order valence-corrected chi connectivity index (χ4v) is 2.41. The standard InChI is InChI=1S/C12H16Cl2N2OS/c1-8(7-15)18-5-4-12(17)16-11-6-9(13)2-3-10(11)14/h2-3,6,8H,4-5,7,15H2,1H3,(H,16,17). The van der Waals surface area contributed by atoms with Gasteiger partial charge in [-0.1, -0.05) is 30.1 Å². The van der Waals surface area contributed by atoms with Crippen molar-refractivity contribution in [2.24, 2.45) is 5.73 Å². The molecular formula is C12H16Cl2N2OS. The average molecular weight is 307 g/mol. The fourth-order valence-electron chi connectivity index (χ4n) is 1.23. The summed E-state index contributed by atoms with van der Waals surface area (Å²) >= 11 is 13.5. The third kappa shape index (κ3) is 5.48. The van der Waals surface area contributed by atoms with E-state index >= 15 is 0 Å². The van der Waals surface area contributed by atoms with E-state index in [4.69, 9.17) is 28.9 Å². The summed E-state index contributed by atoms with van der Waals surface area (Å²) < 4.78 is 0. The van der Waals surface area contributed by atoms with Gasteiger partial charge in [0.15, 0.2) is 0 Å². The van der Waals surface area contributed by atoms with Crippen molar-refractivity contribution >= 4 is 46.6 Å². The van der Waals surface area contributed by atoms with Crippen molar-refractivity contribution in [1.29, 1.82) is 0 Å². The minimum Gasteiger partial charge on any atom is -0.329 e. The van der Waals surface area contributed by atoms with Crippen LogP contribution in [0, 0.1) is 0 Å². The van der Waals surface area contributed by atoms with E-state index in [1.54, 1.807) is 30.0 Å². The summed E-state index contributed by atoms with van der Waals surface area (Å²) in [5.74, 6) is 0.665. The summed E-state index contributed by atoms with van der Waals surface area (Å²) in [6.45, 7) is 2.66. The summed E-state index contributed by atoms with van der Waals surface area (Å²) in [7, 11) is 0. The lowest BCUT2D eigenvalue weighted by Crippen LogP contribution is -2.16. The second kappa shape index (κ2) is 7.89. The van der Waals surface area contributed by atoms with E-state index in [0.29, 0.717) is 33.9 Å². The number of anilines is 1. The van der Waals surface area contributed by atoms with Gasteiger partial charge in [-0.3, -0.25) is 4.79 Å². The van der Waals surface area contributed by atoms with Crippen LogP contribution >= 0.6 is 35.0 Å². The number of hydrogen-bond donors (Lipinski definition) is 2. The number of amides is 1. The number of nitrogens with one attached hydrogen (secondary N) is 1. The van der Waals surface area contributed by atoms with Gasteiger partial charge in [0.05, 0.1) is 10.7 Å². The molecule has 1 aromatic carbocycles. The van der Waals surface area contributed by atoms with Crippen molar-refractivity contribution in [3.63, 3.8) is 0 Å². The first-order valence-electron chi connectivity index (χ1n) is 5.59. The van der Waals surface area contributed by atoms with E-state index < -0.39 is 0 Å². The maximum Gasteiger partial charge on any atom is 0.225 e. The van der Waals surface area contributed by atoms with Crippen LogP contribution in [0.3, 0.4) is 0 Å². The summed E-state index contributed by atoms with van der Waals surface area (Å²) in [5.41, 5.74) is 6.04. The van der Waals surface area contributed by atoms with Crippen LogP contribution in [0.15, 0.2) is 18.2 Å². The van der Waals surface area contributed by atoms with Gasteiger partial charge in [0.2, 0.25) is 5.91 Å². The molecule has 0 heterocycles. The van der Waals surface area contributed by atoms with Crippen molar-refractivity contribution in [3.05, 3.63) is 28.2 Å². The minimum atomic E-state index is -0.0733. The number of hydrogen-bond acceptors (Lipinski definition) is 3. The van der Waals surface area contributed by atoms with Crippen LogP contribution in [-0.2, 0) is 4.79 Å². The molecular weight excluding hydrogens is 291 g/mol. The summed E-state index contributed by atoms with van der Waals surface area (Å²) in [6.07, 6.45) is 0.428. The first-order chi connectivity index (χ1) is 8.52. The van der Waals surface area contributed by atoms with Crippen molar-refractivity contribution in [3.8, 4) is 0 Å². The lowest BCUT2D eigenvalue weighted by molar-refractivity contribution is -0.115. The molecule has 0 aliphatic heterocycles. The van der Waals surface area contributed by atoms with Crippen LogP contribution in [-0.4, -0.2) is 23.5 Å². The predicted molar refractivity (Wildman–Crippen MR) is 80.7 cm³/mol. The highest BCUT2D eigenvalue weighted by Gasteiger charge is 2.07. The Morgan fingerprint density at radius 1 is 1.50 bits per heavy atom. The average Bonchev–Trinajstić information content (AvgIpc) is 2.33. The van der Waals surface area contributed by atoms with Crippen LogP contribution < -0.4 is 11.1 Å². The number of carbonyl (C=O) groups excluding carboxylic acids is 1. The molecule has 0 fully saturated rings. The van der Waals surface area contributed by atoms with Gasteiger partial charge < -0.3 is 11.1 Å². The Balaban J connectivity index is 2.42. The molecule has 3 N–H and O–H groups in total. The Hall–Kier alpha value is -0.420. The number of rotatable bonds is 6. The molecule has 0 bridgehead atoms. The fraction of sp³-hybridized carbons (Fsp3) is 0.417. The van der Waals surface area contributed by atoms with Crippen LogP contribution in [0.1, 0.15) is 13.3 Å². The molecule has 0 aromatic heterocycles. The second-order valence-electron chi connectivity index (χ2n) is 3.84. The molecule has 1 unspecified atom stereocenters. The lowest BCUT2D eigenvalue weighted by atomic mass is 10.3. The number of carbonyl (C=O) groups is 1. The van der Waals surface area contributed by atoms with Crippen molar-refractivity contribution < 1.29 is 4.79 Å². The Kier molecular flexibility index (Phi) is 6.86. The van der Waals surface area contributed by atoms with E-state index in [1.807, 2.05) is 6.92 Å². The zero-order valence-corrected chi connectivity index (χ0v) is 12.4. The summed E-state index contributed by atoms with van der Waals surface area (Å²) in [4.78, 5) is 11.7. The number of nitrogens with two attached hydrogens (primary N) is 1. The highest BCUT2D eigenvalue weighted by atomic mass is 35.5. The first-order valence-corrected chi connectivity index (χ1v) is 7.40. The van der Waals surface area contributed by atoms with Crippen LogP contribution in [0.25, 0.3) is 0 Å². The monoisotopic (exact) mass is 306 g/mol. The van der Waals surface area contributed by atoms with Crippen LogP contribution in [0.5, 0.6) is 0 Å². The lowest BCUT2D eigenvalue weighted by Gasteiger charge is -2.09. The van der Waals surface area contributed by atoms with Gasteiger partial charge in [-0.15, -0.1) is 0 Å². The van der Waals surface area contributed by atoms with Gasteiger partial charge >= 0.3 is 0 Å². The highest BCUT2D eigenvalue weighted by Crippen LogP contribution is 2.25. The quantitative estimate of drug-likeness (QED) is 0.847. The highest BCUT2D eigenvalue weighted by molar-refractivity contribution is 7.99. The zero-order valence-electron chi connectivity index (χ0n) is 10.1. The van der Waals surface area contributed by atoms with Gasteiger partial charge in [-0.25, -0.2) is 0 Å². The van der Waals surface area contributed by atoms with Gasteiger partial charge in [0.25, 0.3) is 0 Å². The molecule has 0 radical (unpaired) electrons. The smallest absolute Gasteiger partial charge is 0.225 e. The number of thioether (sulfide) groups is 1. The molecule has 1 rings (SSSR count). The van der Waals surface area contributed by atoms with Crippen molar-refractivity contribution in [1.82, 2.24) is 0 Å². The molecule has 100 valence electrons. The molecule has 0 spiro atoms. The maximum atomic E-state index is 11.7. The second-order valence-corrected chi connectivity index (χ2v) is 6.23. The van der Waals surface area contributed by atoms with E-state index in [0.717, 1.165) is 5.75 Å². The Labute approximate surface area is 121 Å². The first kappa shape index (κ1) is 15.6. The van der Waals surface area contributed by atoms with E-state index in [2.05, 4.69) is 5.32 Å². The molecule has 1 aromatic rings. The van der Waals surface area contributed by atoms with Crippen molar-refractivity contribution in [2.75, 3.05) is 17.6 Å². The molecule has 1 amide bonds. The van der Waals surface area contributed by atoms with E-state index in [-0.39, 0.29) is 5.91 Å². The third-order valence-corrected chi connectivity index (χ3v) is 4.03. The predicted octanol–water partition coefficient (Wildman–Crippen LogP) is 3.40. The van der Waals surface area contributed by atoms with Crippen LogP contribution in [0.4, 0.5) is 5.69 Å². The molecule has 6 heteroatoms. The molecule has 0 aliphatic rings. The summed E-state index contributed by atoms with van der Waals surface area (Å²) in [6, 6.07) is 4.97.